The van der Waals surface area contributed by atoms with Gasteiger partial charge in [0.15, 0.2) is 0 Å². The normalized spacial score (nSPS) is 18.6. The van der Waals surface area contributed by atoms with Crippen molar-refractivity contribution in [3.05, 3.63) is 154 Å². The fourth-order valence-corrected chi connectivity index (χ4v) is 31.3. The smallest absolute Gasteiger partial charge is 0.147 e. The van der Waals surface area contributed by atoms with Gasteiger partial charge in [0.1, 0.15) is 0 Å². The summed E-state index contributed by atoms with van der Waals surface area (Å²) in [6.07, 6.45) is 12.1. The molecule has 0 radical (unpaired) electrons. The molecule has 0 N–H and O–H groups in total. The topological polar surface area (TPSA) is 0 Å². The Morgan fingerprint density at radius 2 is 1.08 bits per heavy atom. The van der Waals surface area contributed by atoms with Crippen LogP contribution < -0.4 is 0 Å². The van der Waals surface area contributed by atoms with E-state index in [0.717, 1.165) is 0 Å². The summed E-state index contributed by atoms with van der Waals surface area (Å²) >= 11 is -3.81. The SMILES string of the molecule is CC1=Cc2c(-c3cccc4ccccc34)ccc(C)c2[CH]1[Zr]([CH3])([CH3])(=[SiH2])[CH]1C(C2CCCCC2)=Cc2c(-c3cccc4ccccc34)cccc21.Cl.Cl. The molecule has 3 aliphatic rings. The van der Waals surface area contributed by atoms with Gasteiger partial charge in [0.25, 0.3) is 0 Å². The van der Waals surface area contributed by atoms with Gasteiger partial charge in [0, 0.05) is 0 Å². The van der Waals surface area contributed by atoms with Gasteiger partial charge >= 0.3 is 303 Å². The van der Waals surface area contributed by atoms with E-state index in [9.17, 15) is 0 Å². The number of benzene rings is 6. The van der Waals surface area contributed by atoms with Crippen LogP contribution in [0.4, 0.5) is 0 Å². The Kier molecular flexibility index (Phi) is 10.1. The molecular formula is C48H50Cl2SiZr. The van der Waals surface area contributed by atoms with Crippen molar-refractivity contribution in [2.45, 2.75) is 62.5 Å². The van der Waals surface area contributed by atoms with Crippen molar-refractivity contribution in [2.75, 3.05) is 0 Å². The molecule has 1 saturated carbocycles. The number of hydrogen-bond donors (Lipinski definition) is 0. The minimum absolute atomic E-state index is 0. The third-order valence-electron chi connectivity index (χ3n) is 12.8. The Balaban J connectivity index is 0.00000210. The van der Waals surface area contributed by atoms with Crippen LogP contribution in [0.3, 0.4) is 0 Å². The quantitative estimate of drug-likeness (QED) is 0.152. The number of hydrogen-bond acceptors (Lipinski definition) is 0. The summed E-state index contributed by atoms with van der Waals surface area (Å²) in [6.45, 7) is 7.37. The van der Waals surface area contributed by atoms with Crippen LogP contribution in [0.1, 0.15) is 74.1 Å². The Morgan fingerprint density at radius 1 is 0.538 bits per heavy atom. The zero-order valence-electron chi connectivity index (χ0n) is 30.9. The van der Waals surface area contributed by atoms with E-state index in [1.165, 1.54) is 92.6 Å². The second kappa shape index (κ2) is 14.0. The summed E-state index contributed by atoms with van der Waals surface area (Å²) in [6, 6.07) is 43.7. The van der Waals surface area contributed by atoms with Gasteiger partial charge in [-0.3, -0.25) is 0 Å². The van der Waals surface area contributed by atoms with Crippen LogP contribution in [-0.4, -0.2) is 6.88 Å². The molecule has 6 aromatic rings. The second-order valence-electron chi connectivity index (χ2n) is 16.8. The Morgan fingerprint density at radius 3 is 1.71 bits per heavy atom. The molecule has 0 aromatic heterocycles. The molecule has 1 fully saturated rings. The molecule has 52 heavy (non-hydrogen) atoms. The molecule has 0 amide bonds. The molecule has 2 unspecified atom stereocenters. The molecule has 3 aliphatic carbocycles. The summed E-state index contributed by atoms with van der Waals surface area (Å²) in [4.78, 5) is 0. The zero-order chi connectivity index (χ0) is 34.2. The first-order valence-electron chi connectivity index (χ1n) is 18.9. The van der Waals surface area contributed by atoms with Gasteiger partial charge in [-0.05, 0) is 0 Å². The molecular weight excluding hydrogens is 767 g/mol. The minimum atomic E-state index is -3.81. The van der Waals surface area contributed by atoms with Crippen molar-refractivity contribution in [1.29, 1.82) is 0 Å². The first kappa shape index (κ1) is 37.3. The standard InChI is InChI=1S/C25H23.C21H17.2CH3.2ClH.H2Si.Zr/c1-2-8-18(9-3-1)21-16-20-12-7-15-24(25(20)17-21)23-14-6-11-19-10-4-5-13-22(19)23;1-14-12-20-15(2)10-11-19(21(20)13-14)18-9-5-7-16-6-3-4-8-17(16)18;;;;;;/h4-7,10-18H,1-3,8-9H2;3-13H,1-2H3;2*1H3;2*1H;1H2;. The maximum atomic E-state index is 2.84. The molecule has 0 aliphatic heterocycles. The number of halogens is 2. The van der Waals surface area contributed by atoms with E-state index in [4.69, 9.17) is 0 Å². The summed E-state index contributed by atoms with van der Waals surface area (Å²) in [5, 5.41) is 5.34. The van der Waals surface area contributed by atoms with E-state index in [1.807, 2.05) is 0 Å². The molecule has 0 heterocycles. The van der Waals surface area contributed by atoms with E-state index in [0.29, 0.717) is 13.2 Å². The van der Waals surface area contributed by atoms with Crippen LogP contribution in [0.5, 0.6) is 0 Å². The van der Waals surface area contributed by atoms with Crippen molar-refractivity contribution >= 4 is 65.4 Å². The number of allylic oxidation sites excluding steroid dienone is 2. The average Bonchev–Trinajstić information content (AvgIpc) is 3.72. The van der Waals surface area contributed by atoms with Gasteiger partial charge in [-0.1, -0.05) is 0 Å². The third-order valence-corrected chi connectivity index (χ3v) is 30.4. The van der Waals surface area contributed by atoms with Crippen molar-refractivity contribution in [3.8, 4) is 22.3 Å². The monoisotopic (exact) mass is 814 g/mol. The van der Waals surface area contributed by atoms with Crippen LogP contribution in [-0.2, 0) is 17.4 Å². The molecule has 6 aromatic carbocycles. The second-order valence-corrected chi connectivity index (χ2v) is 47.3. The van der Waals surface area contributed by atoms with Crippen molar-refractivity contribution in [1.82, 2.24) is 0 Å². The van der Waals surface area contributed by atoms with E-state index in [1.54, 1.807) is 22.3 Å². The number of fused-ring (bicyclic) bond motifs is 4. The summed E-state index contributed by atoms with van der Waals surface area (Å²) in [5.74, 6) is 0.687. The molecule has 4 heteroatoms. The number of aryl methyl sites for hydroxylation is 1. The van der Waals surface area contributed by atoms with Crippen LogP contribution in [0.2, 0.25) is 9.26 Å². The van der Waals surface area contributed by atoms with Gasteiger partial charge in [0.05, 0.1) is 0 Å². The average molecular weight is 817 g/mol. The summed E-state index contributed by atoms with van der Waals surface area (Å²) < 4.78 is 6.70. The van der Waals surface area contributed by atoms with Crippen LogP contribution >= 0.6 is 24.8 Å². The number of rotatable bonds is 5. The molecule has 0 spiro atoms. The van der Waals surface area contributed by atoms with Crippen LogP contribution in [0.15, 0.2) is 126 Å². The molecule has 2 atom stereocenters. The van der Waals surface area contributed by atoms with Crippen LogP contribution in [0.25, 0.3) is 56.0 Å². The van der Waals surface area contributed by atoms with Gasteiger partial charge < -0.3 is 0 Å². The van der Waals surface area contributed by atoms with Gasteiger partial charge in [0.2, 0.25) is 0 Å². The molecule has 264 valence electrons. The molecule has 9 rings (SSSR count). The van der Waals surface area contributed by atoms with Gasteiger partial charge in [-0.25, -0.2) is 0 Å². The fraction of sp³-hybridized carbons (Fsp3) is 0.250. The minimum Gasteiger partial charge on any atom is -0.147 e. The van der Waals surface area contributed by atoms with E-state index in [-0.39, 0.29) is 24.8 Å². The Bertz CT molecular complexity index is 2480. The summed E-state index contributed by atoms with van der Waals surface area (Å²) in [5.41, 5.74) is 16.6. The first-order valence-corrected chi connectivity index (χ1v) is 32.6. The maximum Gasteiger partial charge on any atom is -0.147 e. The zero-order valence-corrected chi connectivity index (χ0v) is 36.4. The van der Waals surface area contributed by atoms with Gasteiger partial charge in [-0.15, -0.1) is 24.8 Å². The largest absolute Gasteiger partial charge is 0.147 e. The Hall–Kier alpha value is -3.00. The molecule has 0 bridgehead atoms. The van der Waals surface area contributed by atoms with Crippen molar-refractivity contribution in [3.63, 3.8) is 0 Å². The fourth-order valence-electron chi connectivity index (χ4n) is 10.9. The van der Waals surface area contributed by atoms with Crippen molar-refractivity contribution < 1.29 is 17.4 Å². The predicted molar refractivity (Wildman–Crippen MR) is 232 cm³/mol. The van der Waals surface area contributed by atoms with E-state index < -0.39 is 17.4 Å². The predicted octanol–water partition coefficient (Wildman–Crippen LogP) is 14.0. The third kappa shape index (κ3) is 5.88. The Labute approximate surface area is 325 Å². The molecule has 0 saturated heterocycles. The van der Waals surface area contributed by atoms with Crippen LogP contribution in [0, 0.1) is 12.8 Å². The summed E-state index contributed by atoms with van der Waals surface area (Å²) in [7, 11) is 0. The van der Waals surface area contributed by atoms with E-state index >= 15 is 0 Å². The van der Waals surface area contributed by atoms with E-state index in [2.05, 4.69) is 157 Å². The van der Waals surface area contributed by atoms with Gasteiger partial charge in [-0.2, -0.15) is 0 Å². The first-order chi connectivity index (χ1) is 24.2. The maximum absolute atomic E-state index is 3.81. The van der Waals surface area contributed by atoms with Crippen molar-refractivity contribution in [2.24, 2.45) is 5.92 Å². The molecule has 0 nitrogen and oxygen atoms in total.